The third-order valence-electron chi connectivity index (χ3n) is 2.26. The molecule has 12 heavy (non-hydrogen) atoms. The minimum Gasteiger partial charge on any atom is -0.287 e. The molecule has 1 heterocycles. The number of halogens is 1. The molecule has 1 aliphatic heterocycles. The molecule has 0 radical (unpaired) electrons. The minimum absolute atomic E-state index is 0. The zero-order valence-electron chi connectivity index (χ0n) is 7.58. The van der Waals surface area contributed by atoms with E-state index in [1.165, 1.54) is 5.57 Å². The Hall–Kier alpha value is -0.520. The average Bonchev–Trinajstić information content (AvgIpc) is 2.05. The molecule has 2 nitrogen and oxygen atoms in total. The van der Waals surface area contributed by atoms with Crippen molar-refractivity contribution in [2.45, 2.75) is 25.8 Å². The molecule has 1 unspecified atom stereocenters. The maximum Gasteiger partial charge on any atom is 0.102 e. The summed E-state index contributed by atoms with van der Waals surface area (Å²) in [4.78, 5) is 2.08. The van der Waals surface area contributed by atoms with Crippen molar-refractivity contribution in [3.05, 3.63) is 11.6 Å². The largest absolute Gasteiger partial charge is 0.287 e. The predicted molar refractivity (Wildman–Crippen MR) is 52.3 cm³/mol. The lowest BCUT2D eigenvalue weighted by Crippen LogP contribution is -2.34. The van der Waals surface area contributed by atoms with E-state index in [0.717, 1.165) is 19.4 Å². The summed E-state index contributed by atoms with van der Waals surface area (Å²) in [5, 5.41) is 8.76. The molecule has 0 bridgehead atoms. The van der Waals surface area contributed by atoms with Crippen LogP contribution in [-0.2, 0) is 0 Å². The van der Waals surface area contributed by atoms with Crippen molar-refractivity contribution >= 4 is 12.4 Å². The Balaban J connectivity index is 0.00000121. The molecule has 0 spiro atoms. The Kier molecular flexibility index (Phi) is 4.96. The summed E-state index contributed by atoms with van der Waals surface area (Å²) in [5.74, 6) is 0. The van der Waals surface area contributed by atoms with Gasteiger partial charge in [0.1, 0.15) is 6.04 Å². The van der Waals surface area contributed by atoms with Gasteiger partial charge in [0.2, 0.25) is 0 Å². The lowest BCUT2D eigenvalue weighted by atomic mass is 10.00. The molecule has 1 aliphatic rings. The first kappa shape index (κ1) is 11.5. The van der Waals surface area contributed by atoms with Gasteiger partial charge in [0.05, 0.1) is 6.07 Å². The molecule has 1 atom stereocenters. The highest BCUT2D eigenvalue weighted by Crippen LogP contribution is 2.17. The maximum atomic E-state index is 8.76. The van der Waals surface area contributed by atoms with E-state index < -0.39 is 0 Å². The van der Waals surface area contributed by atoms with E-state index in [0.29, 0.717) is 0 Å². The first-order chi connectivity index (χ1) is 5.27. The van der Waals surface area contributed by atoms with Crippen LogP contribution in [0.4, 0.5) is 0 Å². The van der Waals surface area contributed by atoms with Gasteiger partial charge < -0.3 is 0 Å². The lowest BCUT2D eigenvalue weighted by molar-refractivity contribution is 0.299. The molecule has 0 aromatic heterocycles. The number of rotatable bonds is 1. The van der Waals surface area contributed by atoms with Crippen molar-refractivity contribution < 1.29 is 0 Å². The van der Waals surface area contributed by atoms with Crippen molar-refractivity contribution in [2.75, 3.05) is 13.6 Å². The van der Waals surface area contributed by atoms with Crippen LogP contribution in [-0.4, -0.2) is 24.5 Å². The van der Waals surface area contributed by atoms with Crippen LogP contribution < -0.4 is 0 Å². The zero-order valence-corrected chi connectivity index (χ0v) is 8.40. The van der Waals surface area contributed by atoms with Crippen LogP contribution in [0.5, 0.6) is 0 Å². The zero-order chi connectivity index (χ0) is 8.27. The molecule has 1 rings (SSSR count). The molecule has 68 valence electrons. The van der Waals surface area contributed by atoms with Crippen LogP contribution in [0.1, 0.15) is 19.8 Å². The topological polar surface area (TPSA) is 27.0 Å². The van der Waals surface area contributed by atoms with Crippen LogP contribution in [0.3, 0.4) is 0 Å². The van der Waals surface area contributed by atoms with Gasteiger partial charge in [0.25, 0.3) is 0 Å². The maximum absolute atomic E-state index is 8.76. The van der Waals surface area contributed by atoms with Gasteiger partial charge in [0.15, 0.2) is 0 Å². The van der Waals surface area contributed by atoms with Crippen LogP contribution >= 0.6 is 12.4 Å². The second-order valence-corrected chi connectivity index (χ2v) is 3.00. The van der Waals surface area contributed by atoms with Crippen LogP contribution in [0, 0.1) is 11.3 Å². The smallest absolute Gasteiger partial charge is 0.102 e. The van der Waals surface area contributed by atoms with E-state index in [1.54, 1.807) is 0 Å². The van der Waals surface area contributed by atoms with Gasteiger partial charge in [-0.1, -0.05) is 18.6 Å². The third kappa shape index (κ3) is 2.51. The van der Waals surface area contributed by atoms with Gasteiger partial charge in [-0.25, -0.2) is 0 Å². The molecule has 0 aromatic rings. The number of hydrogen-bond donors (Lipinski definition) is 0. The van der Waals surface area contributed by atoms with Gasteiger partial charge in [-0.3, -0.25) is 4.90 Å². The SMILES string of the molecule is CCC1=CCN(C)C(C#N)C1.Cl. The second-order valence-electron chi connectivity index (χ2n) is 3.00. The molecular formula is C9H15ClN2. The second kappa shape index (κ2) is 5.18. The van der Waals surface area contributed by atoms with Crippen molar-refractivity contribution in [3.63, 3.8) is 0 Å². The lowest BCUT2D eigenvalue weighted by Gasteiger charge is -2.26. The standard InChI is InChI=1S/C9H14N2.ClH/c1-3-8-4-5-11(2)9(6-8)7-10;/h4,9H,3,5-6H2,1-2H3;1H. The first-order valence-electron chi connectivity index (χ1n) is 4.05. The van der Waals surface area contributed by atoms with Crippen LogP contribution in [0.25, 0.3) is 0 Å². The van der Waals surface area contributed by atoms with Crippen molar-refractivity contribution in [1.82, 2.24) is 4.90 Å². The number of likely N-dealkylation sites (N-methyl/N-ethyl adjacent to an activating group) is 1. The van der Waals surface area contributed by atoms with E-state index >= 15 is 0 Å². The molecule has 0 saturated heterocycles. The molecule has 0 aliphatic carbocycles. The fourth-order valence-corrected chi connectivity index (χ4v) is 1.32. The van der Waals surface area contributed by atoms with Gasteiger partial charge in [-0.05, 0) is 19.9 Å². The summed E-state index contributed by atoms with van der Waals surface area (Å²) in [5.41, 5.74) is 1.43. The summed E-state index contributed by atoms with van der Waals surface area (Å²) in [6.07, 6.45) is 4.25. The third-order valence-corrected chi connectivity index (χ3v) is 2.26. The molecule has 0 aromatic carbocycles. The normalized spacial score (nSPS) is 23.8. The average molecular weight is 187 g/mol. The quantitative estimate of drug-likeness (QED) is 0.586. The summed E-state index contributed by atoms with van der Waals surface area (Å²) in [6, 6.07) is 2.41. The highest BCUT2D eigenvalue weighted by atomic mass is 35.5. The first-order valence-corrected chi connectivity index (χ1v) is 4.05. The summed E-state index contributed by atoms with van der Waals surface area (Å²) >= 11 is 0. The molecule has 0 saturated carbocycles. The molecule has 0 N–H and O–H groups in total. The highest BCUT2D eigenvalue weighted by Gasteiger charge is 2.18. The minimum atomic E-state index is 0. The molecule has 0 fully saturated rings. The Bertz CT molecular complexity index is 205. The fraction of sp³-hybridized carbons (Fsp3) is 0.667. The van der Waals surface area contributed by atoms with Crippen molar-refractivity contribution in [2.24, 2.45) is 0 Å². The van der Waals surface area contributed by atoms with Crippen LogP contribution in [0.2, 0.25) is 0 Å². The summed E-state index contributed by atoms with van der Waals surface area (Å²) in [6.45, 7) is 3.08. The van der Waals surface area contributed by atoms with Gasteiger partial charge >= 0.3 is 0 Å². The Morgan fingerprint density at radius 2 is 2.42 bits per heavy atom. The monoisotopic (exact) mass is 186 g/mol. The van der Waals surface area contributed by atoms with E-state index in [4.69, 9.17) is 5.26 Å². The number of nitrogens with zero attached hydrogens (tertiary/aromatic N) is 2. The van der Waals surface area contributed by atoms with Crippen molar-refractivity contribution in [3.8, 4) is 6.07 Å². The molecular weight excluding hydrogens is 172 g/mol. The molecule has 3 heteroatoms. The Morgan fingerprint density at radius 1 is 1.75 bits per heavy atom. The Labute approximate surface area is 80.3 Å². The summed E-state index contributed by atoms with van der Waals surface area (Å²) in [7, 11) is 2.00. The van der Waals surface area contributed by atoms with Gasteiger partial charge in [-0.15, -0.1) is 12.4 Å². The van der Waals surface area contributed by atoms with E-state index in [1.807, 2.05) is 7.05 Å². The van der Waals surface area contributed by atoms with Crippen molar-refractivity contribution in [1.29, 1.82) is 5.26 Å². The van der Waals surface area contributed by atoms with Crippen LogP contribution in [0.15, 0.2) is 11.6 Å². The highest BCUT2D eigenvalue weighted by molar-refractivity contribution is 5.85. The Morgan fingerprint density at radius 3 is 2.92 bits per heavy atom. The number of hydrogen-bond acceptors (Lipinski definition) is 2. The van der Waals surface area contributed by atoms with E-state index in [2.05, 4.69) is 24.0 Å². The fourth-order valence-electron chi connectivity index (χ4n) is 1.32. The van der Waals surface area contributed by atoms with Gasteiger partial charge in [0, 0.05) is 6.54 Å². The van der Waals surface area contributed by atoms with E-state index in [-0.39, 0.29) is 18.4 Å². The number of nitriles is 1. The molecule has 0 amide bonds. The summed E-state index contributed by atoms with van der Waals surface area (Å²) < 4.78 is 0. The van der Waals surface area contributed by atoms with Gasteiger partial charge in [-0.2, -0.15) is 5.26 Å². The van der Waals surface area contributed by atoms with E-state index in [9.17, 15) is 0 Å². The predicted octanol–water partition coefficient (Wildman–Crippen LogP) is 1.97.